The number of fused-ring (bicyclic) bond motifs is 1. The Labute approximate surface area is 129 Å². The Morgan fingerprint density at radius 3 is 2.50 bits per heavy atom. The van der Waals surface area contributed by atoms with Crippen molar-refractivity contribution in [3.8, 4) is 5.75 Å². The molecule has 5 heteroatoms. The van der Waals surface area contributed by atoms with Crippen LogP contribution in [0.2, 0.25) is 0 Å². The van der Waals surface area contributed by atoms with Gasteiger partial charge in [-0.1, -0.05) is 0 Å². The van der Waals surface area contributed by atoms with Gasteiger partial charge in [-0.2, -0.15) is 0 Å². The molecule has 1 N–H and O–H groups in total. The minimum absolute atomic E-state index is 0.0383. The van der Waals surface area contributed by atoms with E-state index in [9.17, 15) is 9.59 Å². The Morgan fingerprint density at radius 1 is 1.18 bits per heavy atom. The number of hydrogen-bond donors (Lipinski definition) is 1. The van der Waals surface area contributed by atoms with Crippen LogP contribution in [0.15, 0.2) is 18.2 Å². The summed E-state index contributed by atoms with van der Waals surface area (Å²) in [5, 5.41) is 9.05. The first kappa shape index (κ1) is 14.9. The molecule has 0 bridgehead atoms. The number of benzene rings is 1. The van der Waals surface area contributed by atoms with E-state index in [1.54, 1.807) is 7.11 Å². The van der Waals surface area contributed by atoms with Gasteiger partial charge in [-0.25, -0.2) is 0 Å². The summed E-state index contributed by atoms with van der Waals surface area (Å²) in [5.41, 5.74) is 2.12. The van der Waals surface area contributed by atoms with Crippen LogP contribution in [0.5, 0.6) is 5.75 Å². The van der Waals surface area contributed by atoms with Crippen molar-refractivity contribution in [2.24, 2.45) is 11.8 Å². The number of anilines is 1. The molecule has 1 fully saturated rings. The summed E-state index contributed by atoms with van der Waals surface area (Å²) in [6.45, 7) is 0.709. The minimum atomic E-state index is -0.732. The lowest BCUT2D eigenvalue weighted by Gasteiger charge is -2.29. The zero-order chi connectivity index (χ0) is 15.7. The summed E-state index contributed by atoms with van der Waals surface area (Å²) in [7, 11) is 1.64. The van der Waals surface area contributed by atoms with Crippen molar-refractivity contribution in [1.82, 2.24) is 0 Å². The number of amides is 1. The number of ether oxygens (including phenoxy) is 1. The molecule has 1 aliphatic carbocycles. The molecule has 0 aromatic heterocycles. The molecule has 1 saturated carbocycles. The highest BCUT2D eigenvalue weighted by Gasteiger charge is 2.34. The van der Waals surface area contributed by atoms with Gasteiger partial charge in [0.2, 0.25) is 5.91 Å². The standard InChI is InChI=1S/C17H21NO4/c1-22-14-6-7-15-13(10-14)8-9-18(15)16(19)11-2-4-12(5-3-11)17(20)21/h6-7,10-12H,2-5,8-9H2,1H3,(H,20,21). The maximum atomic E-state index is 12.7. The average molecular weight is 303 g/mol. The largest absolute Gasteiger partial charge is 0.497 e. The molecule has 2 aliphatic rings. The van der Waals surface area contributed by atoms with E-state index in [0.29, 0.717) is 32.2 Å². The fraction of sp³-hybridized carbons (Fsp3) is 0.529. The van der Waals surface area contributed by atoms with Gasteiger partial charge >= 0.3 is 5.97 Å². The second-order valence-corrected chi connectivity index (χ2v) is 6.12. The lowest BCUT2D eigenvalue weighted by molar-refractivity contribution is -0.144. The Bertz CT molecular complexity index is 590. The fourth-order valence-electron chi connectivity index (χ4n) is 3.54. The normalized spacial score (nSPS) is 24.0. The summed E-state index contributed by atoms with van der Waals surface area (Å²) in [6, 6.07) is 5.82. The zero-order valence-corrected chi connectivity index (χ0v) is 12.7. The molecule has 3 rings (SSSR count). The van der Waals surface area contributed by atoms with Gasteiger partial charge in [-0.3, -0.25) is 9.59 Å². The Balaban J connectivity index is 1.69. The van der Waals surface area contributed by atoms with Crippen LogP contribution in [-0.2, 0) is 16.0 Å². The van der Waals surface area contributed by atoms with Gasteiger partial charge in [0.15, 0.2) is 0 Å². The Kier molecular flexibility index (Phi) is 4.05. The highest BCUT2D eigenvalue weighted by atomic mass is 16.5. The van der Waals surface area contributed by atoms with E-state index in [-0.39, 0.29) is 17.7 Å². The average Bonchev–Trinajstić information content (AvgIpc) is 2.97. The van der Waals surface area contributed by atoms with E-state index in [1.807, 2.05) is 23.1 Å². The van der Waals surface area contributed by atoms with E-state index >= 15 is 0 Å². The monoisotopic (exact) mass is 303 g/mol. The van der Waals surface area contributed by atoms with Crippen LogP contribution in [0.1, 0.15) is 31.2 Å². The molecule has 1 aliphatic heterocycles. The van der Waals surface area contributed by atoms with Crippen molar-refractivity contribution < 1.29 is 19.4 Å². The number of methoxy groups -OCH3 is 1. The first-order valence-corrected chi connectivity index (χ1v) is 7.81. The predicted octanol–water partition coefficient (Wildman–Crippen LogP) is 2.48. The number of aliphatic carboxylic acids is 1. The first-order chi connectivity index (χ1) is 10.6. The maximum Gasteiger partial charge on any atom is 0.306 e. The zero-order valence-electron chi connectivity index (χ0n) is 12.7. The van der Waals surface area contributed by atoms with Crippen molar-refractivity contribution in [2.75, 3.05) is 18.6 Å². The van der Waals surface area contributed by atoms with Crippen molar-refractivity contribution in [2.45, 2.75) is 32.1 Å². The third kappa shape index (κ3) is 2.67. The van der Waals surface area contributed by atoms with Gasteiger partial charge in [0.05, 0.1) is 13.0 Å². The molecule has 1 aromatic carbocycles. The molecule has 0 unspecified atom stereocenters. The number of hydrogen-bond acceptors (Lipinski definition) is 3. The van der Waals surface area contributed by atoms with Crippen LogP contribution in [-0.4, -0.2) is 30.6 Å². The smallest absolute Gasteiger partial charge is 0.306 e. The van der Waals surface area contributed by atoms with Crippen LogP contribution in [0, 0.1) is 11.8 Å². The Hall–Kier alpha value is -2.04. The summed E-state index contributed by atoms with van der Waals surface area (Å²) in [4.78, 5) is 25.6. The van der Waals surface area contributed by atoms with Gasteiger partial charge in [0.25, 0.3) is 0 Å². The fourth-order valence-corrected chi connectivity index (χ4v) is 3.54. The van der Waals surface area contributed by atoms with E-state index in [1.165, 1.54) is 0 Å². The topological polar surface area (TPSA) is 66.8 Å². The number of carbonyl (C=O) groups is 2. The highest BCUT2D eigenvalue weighted by molar-refractivity contribution is 5.97. The number of rotatable bonds is 3. The second kappa shape index (κ2) is 5.99. The van der Waals surface area contributed by atoms with Gasteiger partial charge < -0.3 is 14.7 Å². The van der Waals surface area contributed by atoms with E-state index in [2.05, 4.69) is 0 Å². The summed E-state index contributed by atoms with van der Waals surface area (Å²) < 4.78 is 5.23. The number of nitrogens with zero attached hydrogens (tertiary/aromatic N) is 1. The second-order valence-electron chi connectivity index (χ2n) is 6.12. The number of carbonyl (C=O) groups excluding carboxylic acids is 1. The number of carboxylic acids is 1. The highest BCUT2D eigenvalue weighted by Crippen LogP contribution is 2.36. The minimum Gasteiger partial charge on any atom is -0.497 e. The molecule has 1 heterocycles. The Morgan fingerprint density at radius 2 is 1.86 bits per heavy atom. The SMILES string of the molecule is COc1ccc2c(c1)CCN2C(=O)C1CCC(C(=O)O)CC1. The third-order valence-electron chi connectivity index (χ3n) is 4.87. The van der Waals surface area contributed by atoms with E-state index in [0.717, 1.165) is 23.4 Å². The van der Waals surface area contributed by atoms with Gasteiger partial charge in [-0.05, 0) is 55.9 Å². The van der Waals surface area contributed by atoms with Crippen molar-refractivity contribution >= 4 is 17.6 Å². The van der Waals surface area contributed by atoms with E-state index < -0.39 is 5.97 Å². The first-order valence-electron chi connectivity index (χ1n) is 7.81. The molecule has 0 radical (unpaired) electrons. The molecule has 22 heavy (non-hydrogen) atoms. The van der Waals surface area contributed by atoms with Crippen LogP contribution < -0.4 is 9.64 Å². The maximum absolute atomic E-state index is 12.7. The summed E-state index contributed by atoms with van der Waals surface area (Å²) in [5.74, 6) is -0.0879. The molecule has 0 spiro atoms. The molecular weight excluding hydrogens is 282 g/mol. The summed E-state index contributed by atoms with van der Waals surface area (Å²) in [6.07, 6.45) is 3.42. The van der Waals surface area contributed by atoms with Crippen molar-refractivity contribution in [3.05, 3.63) is 23.8 Å². The van der Waals surface area contributed by atoms with Crippen LogP contribution in [0.4, 0.5) is 5.69 Å². The number of carboxylic acid groups (broad SMARTS) is 1. The lowest BCUT2D eigenvalue weighted by Crippen LogP contribution is -2.37. The van der Waals surface area contributed by atoms with Gasteiger partial charge in [-0.15, -0.1) is 0 Å². The molecule has 5 nitrogen and oxygen atoms in total. The van der Waals surface area contributed by atoms with Crippen LogP contribution in [0.3, 0.4) is 0 Å². The molecule has 1 aromatic rings. The quantitative estimate of drug-likeness (QED) is 0.931. The van der Waals surface area contributed by atoms with Crippen molar-refractivity contribution in [3.63, 3.8) is 0 Å². The molecule has 0 saturated heterocycles. The van der Waals surface area contributed by atoms with E-state index in [4.69, 9.17) is 9.84 Å². The van der Waals surface area contributed by atoms with Crippen LogP contribution >= 0.6 is 0 Å². The van der Waals surface area contributed by atoms with Crippen molar-refractivity contribution in [1.29, 1.82) is 0 Å². The predicted molar refractivity (Wildman–Crippen MR) is 82.1 cm³/mol. The summed E-state index contributed by atoms with van der Waals surface area (Å²) >= 11 is 0. The molecule has 0 atom stereocenters. The van der Waals surface area contributed by atoms with Crippen LogP contribution in [0.25, 0.3) is 0 Å². The van der Waals surface area contributed by atoms with Gasteiger partial charge in [0.1, 0.15) is 5.75 Å². The third-order valence-corrected chi connectivity index (χ3v) is 4.87. The lowest BCUT2D eigenvalue weighted by atomic mass is 9.81. The molecule has 1 amide bonds. The van der Waals surface area contributed by atoms with Gasteiger partial charge in [0, 0.05) is 18.2 Å². The molecular formula is C17H21NO4. The molecule has 118 valence electrons.